The average molecular weight is 442 g/mol. The Morgan fingerprint density at radius 2 is 0.939 bits per heavy atom. The highest BCUT2D eigenvalue weighted by molar-refractivity contribution is 5.77. The molecule has 4 N–H and O–H groups in total. The molecule has 0 saturated heterocycles. The molecule has 0 aromatic heterocycles. The van der Waals surface area contributed by atoms with Crippen molar-refractivity contribution < 1.29 is 14.6 Å². The van der Waals surface area contributed by atoms with Crippen LogP contribution in [0.1, 0.15) is 0 Å². The largest absolute Gasteiger partial charge is 0.456 e. The lowest BCUT2D eigenvalue weighted by molar-refractivity contribution is -0.384. The van der Waals surface area contributed by atoms with E-state index in [1.54, 1.807) is 60.7 Å². The number of ether oxygens (including phenoxy) is 1. The van der Waals surface area contributed by atoms with Crippen LogP contribution in [0, 0.1) is 20.2 Å². The number of nitro benzene ring substituents is 2. The van der Waals surface area contributed by atoms with Crippen molar-refractivity contribution in [3.8, 4) is 33.8 Å². The molecule has 0 atom stereocenters. The summed E-state index contributed by atoms with van der Waals surface area (Å²) in [7, 11) is 0. The summed E-state index contributed by atoms with van der Waals surface area (Å²) >= 11 is 0. The van der Waals surface area contributed by atoms with Crippen LogP contribution in [0.4, 0.5) is 22.7 Å². The third-order valence-corrected chi connectivity index (χ3v) is 5.02. The fraction of sp³-hybridized carbons (Fsp3) is 0. The molecular formula is C24H18N4O5. The first-order valence-corrected chi connectivity index (χ1v) is 9.78. The van der Waals surface area contributed by atoms with E-state index in [0.29, 0.717) is 33.6 Å². The van der Waals surface area contributed by atoms with Gasteiger partial charge in [0.25, 0.3) is 11.4 Å². The number of hydrogen-bond acceptors (Lipinski definition) is 7. The van der Waals surface area contributed by atoms with Crippen molar-refractivity contribution in [3.63, 3.8) is 0 Å². The van der Waals surface area contributed by atoms with Gasteiger partial charge in [-0.1, -0.05) is 24.3 Å². The third kappa shape index (κ3) is 4.57. The number of nitrogens with zero attached hydrogens (tertiary/aromatic N) is 2. The van der Waals surface area contributed by atoms with Crippen LogP contribution in [0.15, 0.2) is 84.9 Å². The van der Waals surface area contributed by atoms with Gasteiger partial charge in [-0.25, -0.2) is 0 Å². The molecule has 0 spiro atoms. The van der Waals surface area contributed by atoms with Crippen LogP contribution in [-0.2, 0) is 0 Å². The first-order valence-electron chi connectivity index (χ1n) is 9.78. The Labute approximate surface area is 188 Å². The molecule has 4 rings (SSSR count). The van der Waals surface area contributed by atoms with Gasteiger partial charge >= 0.3 is 0 Å². The Morgan fingerprint density at radius 3 is 1.27 bits per heavy atom. The Morgan fingerprint density at radius 1 is 0.576 bits per heavy atom. The quantitative estimate of drug-likeness (QED) is 0.218. The molecule has 9 heteroatoms. The molecule has 4 aromatic rings. The second-order valence-electron chi connectivity index (χ2n) is 7.22. The number of nitrogens with two attached hydrogens (primary N) is 2. The van der Waals surface area contributed by atoms with Gasteiger partial charge in [0.1, 0.15) is 11.5 Å². The van der Waals surface area contributed by atoms with Crippen LogP contribution >= 0.6 is 0 Å². The topological polar surface area (TPSA) is 148 Å². The first kappa shape index (κ1) is 21.3. The van der Waals surface area contributed by atoms with Gasteiger partial charge in [-0.3, -0.25) is 20.2 Å². The predicted molar refractivity (Wildman–Crippen MR) is 126 cm³/mol. The van der Waals surface area contributed by atoms with E-state index in [9.17, 15) is 20.2 Å². The van der Waals surface area contributed by atoms with Crippen molar-refractivity contribution >= 4 is 22.7 Å². The lowest BCUT2D eigenvalue weighted by Gasteiger charge is -2.15. The predicted octanol–water partition coefficient (Wildman–Crippen LogP) is 5.79. The Kier molecular flexibility index (Phi) is 5.60. The number of hydrogen-bond donors (Lipinski definition) is 2. The highest BCUT2D eigenvalue weighted by Gasteiger charge is 2.19. The van der Waals surface area contributed by atoms with Crippen LogP contribution in [0.25, 0.3) is 22.3 Å². The molecular weight excluding hydrogens is 424 g/mol. The van der Waals surface area contributed by atoms with Gasteiger partial charge in [0.05, 0.1) is 22.0 Å². The summed E-state index contributed by atoms with van der Waals surface area (Å²) < 4.78 is 6.12. The maximum Gasteiger partial charge on any atom is 0.273 e. The molecule has 0 aliphatic heterocycles. The summed E-state index contributed by atoms with van der Waals surface area (Å²) in [4.78, 5) is 21.7. The van der Waals surface area contributed by atoms with E-state index in [1.807, 2.05) is 0 Å². The molecule has 33 heavy (non-hydrogen) atoms. The van der Waals surface area contributed by atoms with Gasteiger partial charge in [0.2, 0.25) is 0 Å². The SMILES string of the molecule is Nc1ccc(-c2ccc([N+](=O)[O-])cc2Oc2cc([N+](=O)[O-])ccc2-c2ccc(N)cc2)cc1. The zero-order valence-corrected chi connectivity index (χ0v) is 17.2. The average Bonchev–Trinajstić information content (AvgIpc) is 2.80. The minimum absolute atomic E-state index is 0.172. The summed E-state index contributed by atoms with van der Waals surface area (Å²) in [5, 5.41) is 22.8. The van der Waals surface area contributed by atoms with E-state index in [4.69, 9.17) is 16.2 Å². The second kappa shape index (κ2) is 8.67. The maximum absolute atomic E-state index is 11.4. The molecule has 0 amide bonds. The summed E-state index contributed by atoms with van der Waals surface area (Å²) in [6.45, 7) is 0. The number of nitrogen functional groups attached to an aromatic ring is 2. The lowest BCUT2D eigenvalue weighted by atomic mass is 10.0. The van der Waals surface area contributed by atoms with E-state index in [2.05, 4.69) is 0 Å². The Balaban J connectivity index is 1.88. The van der Waals surface area contributed by atoms with Crippen molar-refractivity contribution in [2.45, 2.75) is 0 Å². The van der Waals surface area contributed by atoms with Crippen LogP contribution in [0.5, 0.6) is 11.5 Å². The van der Waals surface area contributed by atoms with Crippen molar-refractivity contribution in [3.05, 3.63) is 105 Å². The monoisotopic (exact) mass is 442 g/mol. The zero-order chi connectivity index (χ0) is 23.5. The molecule has 0 heterocycles. The van der Waals surface area contributed by atoms with Gasteiger partial charge in [0.15, 0.2) is 0 Å². The van der Waals surface area contributed by atoms with Gasteiger partial charge in [-0.15, -0.1) is 0 Å². The molecule has 0 unspecified atom stereocenters. The van der Waals surface area contributed by atoms with Crippen LogP contribution < -0.4 is 16.2 Å². The normalized spacial score (nSPS) is 10.5. The molecule has 0 fully saturated rings. The smallest absolute Gasteiger partial charge is 0.273 e. The molecule has 4 aromatic carbocycles. The zero-order valence-electron chi connectivity index (χ0n) is 17.2. The summed E-state index contributed by atoms with van der Waals surface area (Å²) in [6.07, 6.45) is 0. The van der Waals surface area contributed by atoms with E-state index in [-0.39, 0.29) is 22.9 Å². The number of nitro groups is 2. The fourth-order valence-electron chi connectivity index (χ4n) is 3.34. The molecule has 0 radical (unpaired) electrons. The number of benzene rings is 4. The summed E-state index contributed by atoms with van der Waals surface area (Å²) in [6, 6.07) is 22.3. The van der Waals surface area contributed by atoms with Gasteiger partial charge in [0, 0.05) is 34.6 Å². The number of rotatable bonds is 6. The van der Waals surface area contributed by atoms with E-state index in [1.165, 1.54) is 24.3 Å². The van der Waals surface area contributed by atoms with Crippen LogP contribution in [-0.4, -0.2) is 9.85 Å². The van der Waals surface area contributed by atoms with E-state index < -0.39 is 9.85 Å². The molecule has 0 aliphatic rings. The molecule has 0 aliphatic carbocycles. The van der Waals surface area contributed by atoms with Crippen molar-refractivity contribution in [1.29, 1.82) is 0 Å². The highest BCUT2D eigenvalue weighted by atomic mass is 16.6. The van der Waals surface area contributed by atoms with Gasteiger partial charge in [-0.05, 0) is 47.5 Å². The summed E-state index contributed by atoms with van der Waals surface area (Å²) in [5.41, 5.74) is 14.9. The second-order valence-corrected chi connectivity index (χ2v) is 7.22. The Bertz CT molecular complexity index is 1250. The minimum Gasteiger partial charge on any atom is -0.456 e. The summed E-state index contributed by atoms with van der Waals surface area (Å²) in [5.74, 6) is 0.345. The third-order valence-electron chi connectivity index (χ3n) is 5.02. The molecule has 164 valence electrons. The maximum atomic E-state index is 11.4. The fourth-order valence-corrected chi connectivity index (χ4v) is 3.34. The van der Waals surface area contributed by atoms with Crippen LogP contribution in [0.2, 0.25) is 0 Å². The number of anilines is 2. The lowest BCUT2D eigenvalue weighted by Crippen LogP contribution is -1.96. The minimum atomic E-state index is -0.534. The van der Waals surface area contributed by atoms with Gasteiger partial charge < -0.3 is 16.2 Å². The Hall–Kier alpha value is -4.92. The van der Waals surface area contributed by atoms with E-state index >= 15 is 0 Å². The van der Waals surface area contributed by atoms with Gasteiger partial charge in [-0.2, -0.15) is 0 Å². The van der Waals surface area contributed by atoms with Crippen LogP contribution in [0.3, 0.4) is 0 Å². The van der Waals surface area contributed by atoms with Crippen molar-refractivity contribution in [1.82, 2.24) is 0 Å². The standard InChI is InChI=1S/C24H18N4O5/c25-17-5-1-15(2-6-17)21-11-9-19(27(29)30)13-23(21)33-24-14-20(28(31)32)10-12-22(24)16-3-7-18(26)8-4-16/h1-14H,25-26H2. The molecule has 9 nitrogen and oxygen atoms in total. The highest BCUT2D eigenvalue weighted by Crippen LogP contribution is 2.41. The molecule has 0 bridgehead atoms. The first-order chi connectivity index (χ1) is 15.8. The van der Waals surface area contributed by atoms with Crippen molar-refractivity contribution in [2.24, 2.45) is 0 Å². The van der Waals surface area contributed by atoms with E-state index in [0.717, 1.165) is 0 Å². The number of non-ortho nitro benzene ring substituents is 2. The molecule has 0 saturated carbocycles. The van der Waals surface area contributed by atoms with Crippen molar-refractivity contribution in [2.75, 3.05) is 11.5 Å².